The Morgan fingerprint density at radius 1 is 1.46 bits per heavy atom. The zero-order chi connectivity index (χ0) is 9.84. The Labute approximate surface area is 77.4 Å². The maximum absolute atomic E-state index is 12.7. The fourth-order valence-corrected chi connectivity index (χ4v) is 1.19. The van der Waals surface area contributed by atoms with Crippen LogP contribution in [0.1, 0.15) is 31.9 Å². The van der Waals surface area contributed by atoms with Gasteiger partial charge in [-0.25, -0.2) is 4.39 Å². The van der Waals surface area contributed by atoms with Crippen LogP contribution in [0.2, 0.25) is 0 Å². The average Bonchev–Trinajstić information content (AvgIpc) is 2.03. The first kappa shape index (κ1) is 10.1. The minimum Gasteiger partial charge on any atom is -0.388 e. The molecule has 1 aromatic heterocycles. The predicted molar refractivity (Wildman–Crippen MR) is 48.6 cm³/mol. The van der Waals surface area contributed by atoms with E-state index in [-0.39, 0.29) is 0 Å². The zero-order valence-corrected chi connectivity index (χ0v) is 7.87. The Bertz CT molecular complexity index is 275. The highest BCUT2D eigenvalue weighted by atomic mass is 19.1. The van der Waals surface area contributed by atoms with Gasteiger partial charge in [-0.1, -0.05) is 13.8 Å². The highest BCUT2D eigenvalue weighted by molar-refractivity contribution is 5.13. The minimum atomic E-state index is -0.608. The number of aromatic nitrogens is 1. The maximum atomic E-state index is 12.7. The second kappa shape index (κ2) is 4.33. The third-order valence-electron chi connectivity index (χ3n) is 1.81. The standard InChI is InChI=1S/C10H14FNO/c1-7(2)3-10(13)8-4-9(11)6-12-5-8/h4-7,10,13H,3H2,1-2H3. The lowest BCUT2D eigenvalue weighted by Gasteiger charge is -2.12. The van der Waals surface area contributed by atoms with E-state index in [0.717, 1.165) is 6.20 Å². The molecule has 72 valence electrons. The second-order valence-electron chi connectivity index (χ2n) is 3.58. The lowest BCUT2D eigenvalue weighted by molar-refractivity contribution is 0.150. The molecule has 2 nitrogen and oxygen atoms in total. The molecule has 0 saturated carbocycles. The molecule has 0 bridgehead atoms. The normalized spacial score (nSPS) is 13.3. The molecule has 1 N–H and O–H groups in total. The molecule has 1 atom stereocenters. The Balaban J connectivity index is 2.71. The molecule has 1 aromatic rings. The molecule has 0 aromatic carbocycles. The van der Waals surface area contributed by atoms with Crippen molar-refractivity contribution in [3.8, 4) is 0 Å². The molecule has 0 aliphatic rings. The van der Waals surface area contributed by atoms with Gasteiger partial charge in [-0.2, -0.15) is 0 Å². The van der Waals surface area contributed by atoms with Crippen LogP contribution in [0.4, 0.5) is 4.39 Å². The quantitative estimate of drug-likeness (QED) is 0.780. The molecule has 3 heteroatoms. The minimum absolute atomic E-state index is 0.387. The Morgan fingerprint density at radius 2 is 2.15 bits per heavy atom. The summed E-state index contributed by atoms with van der Waals surface area (Å²) in [5.41, 5.74) is 0.550. The van der Waals surface area contributed by atoms with Crippen molar-refractivity contribution in [2.24, 2.45) is 5.92 Å². The van der Waals surface area contributed by atoms with Crippen LogP contribution in [-0.2, 0) is 0 Å². The number of hydrogen-bond acceptors (Lipinski definition) is 2. The SMILES string of the molecule is CC(C)CC(O)c1cncc(F)c1. The summed E-state index contributed by atoms with van der Waals surface area (Å²) in [5, 5.41) is 9.61. The van der Waals surface area contributed by atoms with E-state index in [9.17, 15) is 9.50 Å². The molecule has 13 heavy (non-hydrogen) atoms. The molecule has 0 aliphatic heterocycles. The molecule has 0 saturated heterocycles. The molecule has 1 heterocycles. The summed E-state index contributed by atoms with van der Waals surface area (Å²) >= 11 is 0. The number of aliphatic hydroxyl groups is 1. The third-order valence-corrected chi connectivity index (χ3v) is 1.81. The summed E-state index contributed by atoms with van der Waals surface area (Å²) < 4.78 is 12.7. The molecule has 1 rings (SSSR count). The fourth-order valence-electron chi connectivity index (χ4n) is 1.19. The molecule has 0 radical (unpaired) electrons. The van der Waals surface area contributed by atoms with E-state index < -0.39 is 11.9 Å². The van der Waals surface area contributed by atoms with Crippen LogP contribution in [0.3, 0.4) is 0 Å². The summed E-state index contributed by atoms with van der Waals surface area (Å²) in [6.07, 6.45) is 2.65. The lowest BCUT2D eigenvalue weighted by Crippen LogP contribution is -2.02. The van der Waals surface area contributed by atoms with Gasteiger partial charge < -0.3 is 5.11 Å². The summed E-state index contributed by atoms with van der Waals surface area (Å²) in [6.45, 7) is 4.02. The van der Waals surface area contributed by atoms with Gasteiger partial charge in [0.05, 0.1) is 12.3 Å². The Hall–Kier alpha value is -0.960. The van der Waals surface area contributed by atoms with Crippen LogP contribution < -0.4 is 0 Å². The summed E-state index contributed by atoms with van der Waals surface area (Å²) in [4.78, 5) is 3.68. The number of hydrogen-bond donors (Lipinski definition) is 1. The number of aliphatic hydroxyl groups excluding tert-OH is 1. The molecule has 0 fully saturated rings. The molecule has 0 aliphatic carbocycles. The molecular formula is C10H14FNO. The molecule has 0 spiro atoms. The number of nitrogens with zero attached hydrogens (tertiary/aromatic N) is 1. The van der Waals surface area contributed by atoms with E-state index in [4.69, 9.17) is 0 Å². The van der Waals surface area contributed by atoms with E-state index in [1.165, 1.54) is 12.3 Å². The number of halogens is 1. The van der Waals surface area contributed by atoms with Crippen molar-refractivity contribution >= 4 is 0 Å². The van der Waals surface area contributed by atoms with Gasteiger partial charge in [0.25, 0.3) is 0 Å². The van der Waals surface area contributed by atoms with Crippen LogP contribution in [-0.4, -0.2) is 10.1 Å². The third kappa shape index (κ3) is 3.11. The van der Waals surface area contributed by atoms with E-state index in [1.54, 1.807) is 0 Å². The van der Waals surface area contributed by atoms with Crippen molar-refractivity contribution in [1.82, 2.24) is 4.98 Å². The zero-order valence-electron chi connectivity index (χ0n) is 7.87. The summed E-state index contributed by atoms with van der Waals surface area (Å²) in [7, 11) is 0. The summed E-state index contributed by atoms with van der Waals surface area (Å²) in [5.74, 6) is -0.0152. The van der Waals surface area contributed by atoms with Gasteiger partial charge in [0.1, 0.15) is 5.82 Å². The van der Waals surface area contributed by atoms with E-state index >= 15 is 0 Å². The predicted octanol–water partition coefficient (Wildman–Crippen LogP) is 2.30. The first-order chi connectivity index (χ1) is 6.09. The molecular weight excluding hydrogens is 169 g/mol. The smallest absolute Gasteiger partial charge is 0.141 e. The number of rotatable bonds is 3. The van der Waals surface area contributed by atoms with Crippen LogP contribution >= 0.6 is 0 Å². The van der Waals surface area contributed by atoms with Crippen molar-refractivity contribution in [2.45, 2.75) is 26.4 Å². The van der Waals surface area contributed by atoms with Gasteiger partial charge in [0, 0.05) is 11.8 Å². The largest absolute Gasteiger partial charge is 0.388 e. The molecule has 0 amide bonds. The lowest BCUT2D eigenvalue weighted by atomic mass is 10.0. The Morgan fingerprint density at radius 3 is 2.69 bits per heavy atom. The van der Waals surface area contributed by atoms with Crippen molar-refractivity contribution in [3.05, 3.63) is 29.8 Å². The molecule has 1 unspecified atom stereocenters. The van der Waals surface area contributed by atoms with Crippen LogP contribution in [0, 0.1) is 11.7 Å². The first-order valence-electron chi connectivity index (χ1n) is 4.38. The van der Waals surface area contributed by atoms with Crippen LogP contribution in [0.15, 0.2) is 18.5 Å². The number of pyridine rings is 1. The summed E-state index contributed by atoms with van der Waals surface area (Å²) in [6, 6.07) is 1.32. The van der Waals surface area contributed by atoms with Gasteiger partial charge in [-0.3, -0.25) is 4.98 Å². The van der Waals surface area contributed by atoms with Gasteiger partial charge >= 0.3 is 0 Å². The average molecular weight is 183 g/mol. The highest BCUT2D eigenvalue weighted by Gasteiger charge is 2.10. The van der Waals surface area contributed by atoms with E-state index in [0.29, 0.717) is 17.9 Å². The van der Waals surface area contributed by atoms with Crippen molar-refractivity contribution in [2.75, 3.05) is 0 Å². The van der Waals surface area contributed by atoms with Gasteiger partial charge in [0.2, 0.25) is 0 Å². The van der Waals surface area contributed by atoms with Gasteiger partial charge in [-0.15, -0.1) is 0 Å². The van der Waals surface area contributed by atoms with E-state index in [1.807, 2.05) is 13.8 Å². The second-order valence-corrected chi connectivity index (χ2v) is 3.58. The fraction of sp³-hybridized carbons (Fsp3) is 0.500. The topological polar surface area (TPSA) is 33.1 Å². The first-order valence-corrected chi connectivity index (χ1v) is 4.38. The van der Waals surface area contributed by atoms with Crippen LogP contribution in [0.5, 0.6) is 0 Å². The highest BCUT2D eigenvalue weighted by Crippen LogP contribution is 2.20. The maximum Gasteiger partial charge on any atom is 0.141 e. The monoisotopic (exact) mass is 183 g/mol. The van der Waals surface area contributed by atoms with Gasteiger partial charge in [0.15, 0.2) is 0 Å². The van der Waals surface area contributed by atoms with Crippen molar-refractivity contribution in [3.63, 3.8) is 0 Å². The Kier molecular flexibility index (Phi) is 3.37. The van der Waals surface area contributed by atoms with E-state index in [2.05, 4.69) is 4.98 Å². The van der Waals surface area contributed by atoms with Crippen molar-refractivity contribution < 1.29 is 9.50 Å². The van der Waals surface area contributed by atoms with Crippen LogP contribution in [0.25, 0.3) is 0 Å². The van der Waals surface area contributed by atoms with Gasteiger partial charge in [-0.05, 0) is 18.4 Å². The van der Waals surface area contributed by atoms with Crippen molar-refractivity contribution in [1.29, 1.82) is 0 Å².